The van der Waals surface area contributed by atoms with Crippen molar-refractivity contribution >= 4 is 17.5 Å². The third kappa shape index (κ3) is 6.20. The van der Waals surface area contributed by atoms with Gasteiger partial charge in [-0.1, -0.05) is 55.0 Å². The van der Waals surface area contributed by atoms with Gasteiger partial charge in [-0.15, -0.1) is 0 Å². The Balaban J connectivity index is 1.87. The number of benzene rings is 2. The lowest BCUT2D eigenvalue weighted by atomic mass is 10.0. The maximum atomic E-state index is 12.4. The zero-order chi connectivity index (χ0) is 20.7. The molecule has 5 nitrogen and oxygen atoms in total. The molecule has 0 fully saturated rings. The summed E-state index contributed by atoms with van der Waals surface area (Å²) in [6.07, 6.45) is 0.820. The summed E-state index contributed by atoms with van der Waals surface area (Å²) in [5.74, 6) is -0.141. The van der Waals surface area contributed by atoms with Crippen LogP contribution < -0.4 is 15.5 Å². The summed E-state index contributed by atoms with van der Waals surface area (Å²) in [5.41, 5.74) is 5.23. The van der Waals surface area contributed by atoms with Gasteiger partial charge in [0.05, 0.1) is 13.1 Å². The number of amides is 2. The van der Waals surface area contributed by atoms with Gasteiger partial charge < -0.3 is 15.5 Å². The van der Waals surface area contributed by atoms with Crippen molar-refractivity contribution in [1.29, 1.82) is 0 Å². The van der Waals surface area contributed by atoms with Crippen LogP contribution >= 0.6 is 0 Å². The fourth-order valence-electron chi connectivity index (χ4n) is 3.27. The average molecular weight is 383 g/mol. The topological polar surface area (TPSA) is 62.6 Å². The molecule has 0 saturated heterocycles. The number of carbonyl (C=O) groups excluding carboxylic acids is 2. The first kappa shape index (κ1) is 21.6. The number of rotatable bonds is 8. The van der Waals surface area contributed by atoms with Crippen molar-refractivity contribution in [3.63, 3.8) is 0 Å². The third-order valence-electron chi connectivity index (χ3n) is 4.89. The van der Waals surface area contributed by atoms with Gasteiger partial charge in [-0.05, 0) is 43.9 Å². The molecular weight excluding hydrogens is 350 g/mol. The third-order valence-corrected chi connectivity index (χ3v) is 4.89. The van der Waals surface area contributed by atoms with E-state index in [0.29, 0.717) is 0 Å². The van der Waals surface area contributed by atoms with E-state index in [-0.39, 0.29) is 30.9 Å². The smallest absolute Gasteiger partial charge is 0.279 e. The van der Waals surface area contributed by atoms with E-state index in [2.05, 4.69) is 41.8 Å². The Morgan fingerprint density at radius 1 is 0.929 bits per heavy atom. The van der Waals surface area contributed by atoms with Crippen LogP contribution in [0.4, 0.5) is 5.69 Å². The van der Waals surface area contributed by atoms with E-state index in [1.165, 1.54) is 5.56 Å². The zero-order valence-corrected chi connectivity index (χ0v) is 17.6. The first-order chi connectivity index (χ1) is 13.3. The van der Waals surface area contributed by atoms with Crippen LogP contribution in [0.5, 0.6) is 0 Å². The van der Waals surface area contributed by atoms with Crippen molar-refractivity contribution in [1.82, 2.24) is 5.32 Å². The van der Waals surface area contributed by atoms with Crippen LogP contribution in [0.15, 0.2) is 42.5 Å². The Morgan fingerprint density at radius 2 is 1.50 bits per heavy atom. The number of quaternary nitrogens is 1. The molecule has 0 bridgehead atoms. The van der Waals surface area contributed by atoms with E-state index in [9.17, 15) is 9.59 Å². The second kappa shape index (κ2) is 10.0. The van der Waals surface area contributed by atoms with Crippen LogP contribution in [0.25, 0.3) is 0 Å². The van der Waals surface area contributed by atoms with Crippen molar-refractivity contribution in [2.75, 3.05) is 25.5 Å². The van der Waals surface area contributed by atoms with Crippen molar-refractivity contribution < 1.29 is 14.5 Å². The van der Waals surface area contributed by atoms with Gasteiger partial charge in [0, 0.05) is 5.69 Å². The lowest BCUT2D eigenvalue weighted by Gasteiger charge is -2.20. The van der Waals surface area contributed by atoms with E-state index in [4.69, 9.17) is 0 Å². The molecule has 0 aliphatic carbocycles. The maximum Gasteiger partial charge on any atom is 0.279 e. The van der Waals surface area contributed by atoms with Gasteiger partial charge >= 0.3 is 0 Å². The molecule has 3 N–H and O–H groups in total. The Kier molecular flexibility index (Phi) is 7.76. The summed E-state index contributed by atoms with van der Waals surface area (Å²) in [6.45, 7) is 8.54. The Hall–Kier alpha value is -2.66. The van der Waals surface area contributed by atoms with Crippen molar-refractivity contribution in [3.05, 3.63) is 64.7 Å². The van der Waals surface area contributed by atoms with Crippen molar-refractivity contribution in [2.24, 2.45) is 0 Å². The average Bonchev–Trinajstić information content (AvgIpc) is 2.63. The summed E-state index contributed by atoms with van der Waals surface area (Å²) in [5, 5.41) is 6.06. The summed E-state index contributed by atoms with van der Waals surface area (Å²) in [7, 11) is 1.86. The molecule has 0 radical (unpaired) electrons. The van der Waals surface area contributed by atoms with Gasteiger partial charge in [-0.25, -0.2) is 0 Å². The minimum absolute atomic E-state index is 0.00987. The molecule has 0 aliphatic rings. The van der Waals surface area contributed by atoms with Gasteiger partial charge in [0.25, 0.3) is 11.8 Å². The zero-order valence-electron chi connectivity index (χ0n) is 17.6. The minimum atomic E-state index is -0.0896. The Labute approximate surface area is 168 Å². The van der Waals surface area contributed by atoms with Crippen LogP contribution in [0.1, 0.15) is 41.6 Å². The van der Waals surface area contributed by atoms with Crippen LogP contribution in [-0.4, -0.2) is 32.0 Å². The molecule has 2 atom stereocenters. The van der Waals surface area contributed by atoms with Crippen molar-refractivity contribution in [3.8, 4) is 0 Å². The molecule has 0 aliphatic heterocycles. The highest BCUT2D eigenvalue weighted by molar-refractivity contribution is 5.93. The number of anilines is 1. The second-order valence-electron chi connectivity index (χ2n) is 7.56. The molecule has 2 amide bonds. The predicted octanol–water partition coefficient (Wildman–Crippen LogP) is 2.33. The van der Waals surface area contributed by atoms with Gasteiger partial charge in [0.15, 0.2) is 13.1 Å². The van der Waals surface area contributed by atoms with Crippen LogP contribution in [0, 0.1) is 20.8 Å². The van der Waals surface area contributed by atoms with Gasteiger partial charge in [0.2, 0.25) is 0 Å². The number of nitrogens with one attached hydrogen (secondary N) is 3. The van der Waals surface area contributed by atoms with Crippen LogP contribution in [0.2, 0.25) is 0 Å². The highest BCUT2D eigenvalue weighted by Crippen LogP contribution is 2.19. The van der Waals surface area contributed by atoms with Crippen molar-refractivity contribution in [2.45, 2.75) is 40.2 Å². The molecule has 2 aromatic rings. The normalized spacial score (nSPS) is 12.9. The molecular formula is C23H32N3O2+. The molecule has 1 unspecified atom stereocenters. The first-order valence-electron chi connectivity index (χ1n) is 9.83. The highest BCUT2D eigenvalue weighted by atomic mass is 16.2. The standard InChI is InChI=1S/C23H31N3O2/c1-6-20(19-12-10-16(2)11-13-19)24-21(27)14-26(5)15-22(28)25-23-17(3)8-7-9-18(23)4/h7-13,20H,6,14-15H2,1-5H3,(H,24,27)(H,25,28)/p+1/t20-/m1/s1. The second-order valence-corrected chi connectivity index (χ2v) is 7.56. The van der Waals surface area contributed by atoms with Gasteiger partial charge in [-0.3, -0.25) is 9.59 Å². The van der Waals surface area contributed by atoms with E-state index < -0.39 is 0 Å². The summed E-state index contributed by atoms with van der Waals surface area (Å²) >= 11 is 0. The molecule has 0 spiro atoms. The molecule has 2 aromatic carbocycles. The van der Waals surface area contributed by atoms with Crippen LogP contribution in [-0.2, 0) is 9.59 Å². The molecule has 150 valence electrons. The fraction of sp³-hybridized carbons (Fsp3) is 0.391. The fourth-order valence-corrected chi connectivity index (χ4v) is 3.27. The molecule has 0 aromatic heterocycles. The minimum Gasteiger partial charge on any atom is -0.344 e. The Bertz CT molecular complexity index is 795. The van der Waals surface area contributed by atoms with E-state index in [1.54, 1.807) is 0 Å². The van der Waals surface area contributed by atoms with E-state index in [0.717, 1.165) is 33.7 Å². The Morgan fingerprint density at radius 3 is 2.07 bits per heavy atom. The molecule has 0 heterocycles. The maximum absolute atomic E-state index is 12.4. The summed E-state index contributed by atoms with van der Waals surface area (Å²) in [6, 6.07) is 14.1. The number of hydrogen-bond acceptors (Lipinski definition) is 2. The van der Waals surface area contributed by atoms with E-state index >= 15 is 0 Å². The summed E-state index contributed by atoms with van der Waals surface area (Å²) in [4.78, 5) is 25.7. The summed E-state index contributed by atoms with van der Waals surface area (Å²) < 4.78 is 0. The number of hydrogen-bond donors (Lipinski definition) is 3. The molecule has 28 heavy (non-hydrogen) atoms. The first-order valence-corrected chi connectivity index (χ1v) is 9.83. The monoisotopic (exact) mass is 382 g/mol. The molecule has 2 rings (SSSR count). The SMILES string of the molecule is CC[C@@H](NC(=O)C[NH+](C)CC(=O)Nc1c(C)cccc1C)c1ccc(C)cc1. The van der Waals surface area contributed by atoms with Gasteiger partial charge in [0.1, 0.15) is 0 Å². The lowest BCUT2D eigenvalue weighted by molar-refractivity contribution is -0.862. The highest BCUT2D eigenvalue weighted by Gasteiger charge is 2.18. The van der Waals surface area contributed by atoms with Gasteiger partial charge in [-0.2, -0.15) is 0 Å². The van der Waals surface area contributed by atoms with E-state index in [1.807, 2.05) is 46.0 Å². The number of para-hydroxylation sites is 1. The number of likely N-dealkylation sites (N-methyl/N-ethyl adjacent to an activating group) is 1. The lowest BCUT2D eigenvalue weighted by Crippen LogP contribution is -3.11. The number of aryl methyl sites for hydroxylation is 3. The molecule has 0 saturated carbocycles. The largest absolute Gasteiger partial charge is 0.344 e. The quantitative estimate of drug-likeness (QED) is 0.656. The van der Waals surface area contributed by atoms with Crippen LogP contribution in [0.3, 0.4) is 0 Å². The molecule has 5 heteroatoms. The predicted molar refractivity (Wildman–Crippen MR) is 114 cm³/mol. The number of carbonyl (C=O) groups is 2.